The second-order valence-electron chi connectivity index (χ2n) is 5.54. The summed E-state index contributed by atoms with van der Waals surface area (Å²) >= 11 is 0. The molecule has 0 saturated heterocycles. The second-order valence-corrected chi connectivity index (χ2v) is 7.88. The molecule has 1 aromatic rings. The summed E-state index contributed by atoms with van der Waals surface area (Å²) in [5, 5.41) is 0. The molecule has 1 unspecified atom stereocenters. The first-order valence-corrected chi connectivity index (χ1v) is 9.19. The molecule has 1 atom stereocenters. The Morgan fingerprint density at radius 2 is 1.83 bits per heavy atom. The molecule has 0 heterocycles. The van der Waals surface area contributed by atoms with Crippen molar-refractivity contribution in [3.63, 3.8) is 0 Å². The fourth-order valence-electron chi connectivity index (χ4n) is 2.22. The summed E-state index contributed by atoms with van der Waals surface area (Å²) in [5.74, 6) is 2.43. The molecule has 0 spiro atoms. The Bertz CT molecular complexity index is 570. The zero-order chi connectivity index (χ0) is 17.3. The molecule has 0 aliphatic carbocycles. The summed E-state index contributed by atoms with van der Waals surface area (Å²) in [6.07, 6.45) is 9.38. The fraction of sp³-hybridized carbons (Fsp3) is 0.444. The van der Waals surface area contributed by atoms with Gasteiger partial charge in [-0.25, -0.2) is 0 Å². The summed E-state index contributed by atoms with van der Waals surface area (Å²) < 4.78 is 23.4. The van der Waals surface area contributed by atoms with Crippen molar-refractivity contribution >= 4 is 7.60 Å². The van der Waals surface area contributed by atoms with Crippen LogP contribution in [0.1, 0.15) is 19.4 Å². The summed E-state index contributed by atoms with van der Waals surface area (Å²) in [5.41, 5.74) is 1.09. The van der Waals surface area contributed by atoms with Gasteiger partial charge in [0.15, 0.2) is 0 Å². The molecule has 0 fully saturated rings. The maximum absolute atomic E-state index is 13.0. The molecule has 5 heteroatoms. The minimum atomic E-state index is -3.33. The van der Waals surface area contributed by atoms with Crippen molar-refractivity contribution in [1.29, 1.82) is 0 Å². The minimum absolute atomic E-state index is 0.323. The highest BCUT2D eigenvalue weighted by Crippen LogP contribution is 2.53. The molecular weight excluding hydrogens is 309 g/mol. The topological polar surface area (TPSA) is 38.8 Å². The van der Waals surface area contributed by atoms with E-state index in [-0.39, 0.29) is 0 Å². The lowest BCUT2D eigenvalue weighted by atomic mass is 10.2. The molecule has 4 nitrogen and oxygen atoms in total. The highest BCUT2D eigenvalue weighted by Gasteiger charge is 2.36. The molecule has 0 aromatic heterocycles. The van der Waals surface area contributed by atoms with Crippen LogP contribution in [0, 0.1) is 18.3 Å². The molecule has 0 N–H and O–H groups in total. The Hall–Kier alpha value is -1.37. The number of hydrogen-bond acceptors (Lipinski definition) is 4. The Balaban J connectivity index is 3.16. The summed E-state index contributed by atoms with van der Waals surface area (Å²) in [6, 6.07) is 9.91. The smallest absolute Gasteiger partial charge is 0.311 e. The number of nitrogens with zero attached hydrogens (tertiary/aromatic N) is 1. The molecular formula is C18H26NO3P. The van der Waals surface area contributed by atoms with Crippen LogP contribution in [0.4, 0.5) is 0 Å². The van der Waals surface area contributed by atoms with E-state index in [4.69, 9.17) is 15.5 Å². The third kappa shape index (κ3) is 5.97. The van der Waals surface area contributed by atoms with E-state index in [1.807, 2.05) is 47.4 Å². The van der Waals surface area contributed by atoms with Crippen molar-refractivity contribution in [2.24, 2.45) is 5.92 Å². The van der Waals surface area contributed by atoms with Gasteiger partial charge in [0.05, 0.1) is 6.54 Å². The van der Waals surface area contributed by atoms with E-state index in [9.17, 15) is 4.57 Å². The van der Waals surface area contributed by atoms with Crippen LogP contribution in [0.25, 0.3) is 0 Å². The van der Waals surface area contributed by atoms with Gasteiger partial charge in [-0.1, -0.05) is 62.3 Å². The van der Waals surface area contributed by atoms with Crippen LogP contribution in [-0.2, 0) is 20.2 Å². The predicted octanol–water partition coefficient (Wildman–Crippen LogP) is 4.15. The SMILES string of the molecule is C#CCN(Cc1ccccc1)C(/C=C/C(C)C)P(=O)(OC)OC. The average molecular weight is 335 g/mol. The van der Waals surface area contributed by atoms with Gasteiger partial charge < -0.3 is 9.05 Å². The van der Waals surface area contributed by atoms with Crippen LogP contribution in [0.5, 0.6) is 0 Å². The Kier molecular flexibility index (Phi) is 8.30. The van der Waals surface area contributed by atoms with E-state index in [1.165, 1.54) is 14.2 Å². The number of terminal acetylenes is 1. The minimum Gasteiger partial charge on any atom is -0.311 e. The summed E-state index contributed by atoms with van der Waals surface area (Å²) in [4.78, 5) is 1.93. The largest absolute Gasteiger partial charge is 0.351 e. The summed E-state index contributed by atoms with van der Waals surface area (Å²) in [6.45, 7) is 5.02. The molecule has 0 amide bonds. The maximum atomic E-state index is 13.0. The van der Waals surface area contributed by atoms with Gasteiger partial charge in [-0.2, -0.15) is 0 Å². The van der Waals surface area contributed by atoms with E-state index in [0.717, 1.165) is 5.56 Å². The molecule has 1 rings (SSSR count). The molecule has 23 heavy (non-hydrogen) atoms. The van der Waals surface area contributed by atoms with Gasteiger partial charge in [0.1, 0.15) is 5.78 Å². The van der Waals surface area contributed by atoms with Gasteiger partial charge >= 0.3 is 7.60 Å². The van der Waals surface area contributed by atoms with Gasteiger partial charge in [-0.05, 0) is 11.5 Å². The third-order valence-corrected chi connectivity index (χ3v) is 5.56. The van der Waals surface area contributed by atoms with Crippen LogP contribution in [0.15, 0.2) is 42.5 Å². The lowest BCUT2D eigenvalue weighted by Crippen LogP contribution is -2.34. The van der Waals surface area contributed by atoms with Crippen LogP contribution >= 0.6 is 7.60 Å². The number of rotatable bonds is 9. The van der Waals surface area contributed by atoms with E-state index >= 15 is 0 Å². The molecule has 0 radical (unpaired) electrons. The van der Waals surface area contributed by atoms with Crippen molar-refractivity contribution in [1.82, 2.24) is 4.90 Å². The lowest BCUT2D eigenvalue weighted by molar-refractivity contribution is 0.215. The van der Waals surface area contributed by atoms with Crippen molar-refractivity contribution in [2.45, 2.75) is 26.2 Å². The highest BCUT2D eigenvalue weighted by molar-refractivity contribution is 7.54. The highest BCUT2D eigenvalue weighted by atomic mass is 31.2. The van der Waals surface area contributed by atoms with Crippen molar-refractivity contribution < 1.29 is 13.6 Å². The summed E-state index contributed by atoms with van der Waals surface area (Å²) in [7, 11) is -0.527. The average Bonchev–Trinajstić information content (AvgIpc) is 2.55. The fourth-order valence-corrected chi connectivity index (χ4v) is 3.67. The van der Waals surface area contributed by atoms with Gasteiger partial charge in [-0.3, -0.25) is 9.46 Å². The zero-order valence-corrected chi connectivity index (χ0v) is 15.2. The van der Waals surface area contributed by atoms with E-state index in [0.29, 0.717) is 19.0 Å². The molecule has 0 aliphatic heterocycles. The first-order chi connectivity index (χ1) is 11.0. The maximum Gasteiger partial charge on any atom is 0.351 e. The lowest BCUT2D eigenvalue weighted by Gasteiger charge is -2.32. The number of hydrogen-bond donors (Lipinski definition) is 0. The van der Waals surface area contributed by atoms with E-state index in [2.05, 4.69) is 19.8 Å². The van der Waals surface area contributed by atoms with E-state index in [1.54, 1.807) is 0 Å². The molecule has 126 valence electrons. The normalized spacial score (nSPS) is 13.6. The second kappa shape index (κ2) is 9.70. The predicted molar refractivity (Wildman–Crippen MR) is 95.1 cm³/mol. The van der Waals surface area contributed by atoms with Gasteiger partial charge in [-0.15, -0.1) is 6.42 Å². The van der Waals surface area contributed by atoms with Crippen LogP contribution in [0.3, 0.4) is 0 Å². The van der Waals surface area contributed by atoms with Gasteiger partial charge in [0, 0.05) is 20.8 Å². The molecule has 0 aliphatic rings. The van der Waals surface area contributed by atoms with E-state index < -0.39 is 13.4 Å². The Morgan fingerprint density at radius 1 is 1.22 bits per heavy atom. The monoisotopic (exact) mass is 335 g/mol. The Morgan fingerprint density at radius 3 is 2.30 bits per heavy atom. The standard InChI is InChI=1S/C18H26NO3P/c1-6-14-19(15-17-10-8-7-9-11-17)18(13-12-16(2)3)23(20,21-4)22-5/h1,7-13,16,18H,14-15H2,2-5H3/b13-12+. The molecule has 0 saturated carbocycles. The number of benzene rings is 1. The van der Waals surface area contributed by atoms with Crippen molar-refractivity contribution in [2.75, 3.05) is 20.8 Å². The zero-order valence-electron chi connectivity index (χ0n) is 14.3. The molecule has 1 aromatic carbocycles. The molecule has 0 bridgehead atoms. The van der Waals surface area contributed by atoms with Crippen molar-refractivity contribution in [3.05, 3.63) is 48.0 Å². The van der Waals surface area contributed by atoms with Gasteiger partial charge in [0.25, 0.3) is 0 Å². The van der Waals surface area contributed by atoms with Gasteiger partial charge in [0.2, 0.25) is 0 Å². The van der Waals surface area contributed by atoms with Crippen molar-refractivity contribution in [3.8, 4) is 12.3 Å². The van der Waals surface area contributed by atoms with Crippen LogP contribution in [-0.4, -0.2) is 31.4 Å². The first kappa shape index (κ1) is 19.7. The van der Waals surface area contributed by atoms with Crippen LogP contribution < -0.4 is 0 Å². The Labute approximate surface area is 140 Å². The quantitative estimate of drug-likeness (QED) is 0.386. The number of allylic oxidation sites excluding steroid dienone is 1. The first-order valence-electron chi connectivity index (χ1n) is 7.57. The van der Waals surface area contributed by atoms with Crippen LogP contribution in [0.2, 0.25) is 0 Å². The third-order valence-electron chi connectivity index (χ3n) is 3.40.